The molecule has 0 radical (unpaired) electrons. The Balaban J connectivity index is 0.000000395. The Labute approximate surface area is 240 Å². The number of hydrogen-bond acceptors (Lipinski definition) is 10. The highest BCUT2D eigenvalue weighted by Gasteiger charge is 2.15. The zero-order valence-electron chi connectivity index (χ0n) is 23.3. The molecule has 0 aliphatic heterocycles. The largest absolute Gasteiger partial charge is 0.459 e. The smallest absolute Gasteiger partial charge is 0.339 e. The van der Waals surface area contributed by atoms with Gasteiger partial charge in [-0.05, 0) is 62.6 Å². The van der Waals surface area contributed by atoms with Gasteiger partial charge in [0.1, 0.15) is 25.9 Å². The number of aliphatic hydroxyl groups is 1. The minimum Gasteiger partial charge on any atom is -0.459 e. The summed E-state index contributed by atoms with van der Waals surface area (Å²) in [5, 5.41) is 12.8. The molecule has 1 atom stereocenters. The summed E-state index contributed by atoms with van der Waals surface area (Å²) in [5.41, 5.74) is 5.21. The van der Waals surface area contributed by atoms with E-state index in [1.807, 2.05) is 37.1 Å². The number of aliphatic hydroxyl groups excluding tert-OH is 1. The standard InChI is InChI=1S/C15H18O5S.C14H21NO2S/c1-10(2)14(17)19-8-11(16)9-20-15(18)12-6-4-5-7-13(12)21-3;1-11(2)8-16-17-10-15-14-7-13(9-18-4)6-5-12(14)3/h4-7,11,16H,1,8-9H2,2-3H3;5-7,15H,1,8-10H2,2-4H3. The van der Waals surface area contributed by atoms with Gasteiger partial charge >= 0.3 is 11.9 Å². The fraction of sp³-hybridized carbons (Fsp3) is 0.379. The van der Waals surface area contributed by atoms with Gasteiger partial charge in [0.05, 0.1) is 5.56 Å². The molecule has 39 heavy (non-hydrogen) atoms. The summed E-state index contributed by atoms with van der Waals surface area (Å²) in [6, 6.07) is 13.4. The lowest BCUT2D eigenvalue weighted by molar-refractivity contribution is -0.282. The first kappa shape index (κ1) is 34.3. The van der Waals surface area contributed by atoms with E-state index in [9.17, 15) is 14.7 Å². The summed E-state index contributed by atoms with van der Waals surface area (Å²) in [7, 11) is 0. The van der Waals surface area contributed by atoms with E-state index in [4.69, 9.17) is 19.2 Å². The molecule has 0 saturated carbocycles. The van der Waals surface area contributed by atoms with Crippen LogP contribution in [0.25, 0.3) is 0 Å². The molecule has 0 saturated heterocycles. The maximum atomic E-state index is 11.9. The van der Waals surface area contributed by atoms with Gasteiger partial charge in [-0.25, -0.2) is 19.4 Å². The highest BCUT2D eigenvalue weighted by molar-refractivity contribution is 7.98. The summed E-state index contributed by atoms with van der Waals surface area (Å²) < 4.78 is 9.77. The number of carbonyl (C=O) groups excluding carboxylic acids is 2. The Bertz CT molecular complexity index is 1090. The Morgan fingerprint density at radius 1 is 1.03 bits per heavy atom. The number of thioether (sulfide) groups is 2. The van der Waals surface area contributed by atoms with Gasteiger partial charge in [0.25, 0.3) is 0 Å². The van der Waals surface area contributed by atoms with Crippen molar-refractivity contribution in [2.24, 2.45) is 0 Å². The molecule has 2 aromatic rings. The molecule has 2 N–H and O–H groups in total. The average Bonchev–Trinajstić information content (AvgIpc) is 2.92. The van der Waals surface area contributed by atoms with Crippen molar-refractivity contribution in [2.75, 3.05) is 44.4 Å². The predicted octanol–water partition coefficient (Wildman–Crippen LogP) is 5.80. The van der Waals surface area contributed by atoms with E-state index in [-0.39, 0.29) is 18.8 Å². The molecule has 0 bridgehead atoms. The van der Waals surface area contributed by atoms with Crippen LogP contribution in [0.4, 0.5) is 5.69 Å². The first-order valence-corrected chi connectivity index (χ1v) is 14.7. The number of rotatable bonds is 15. The summed E-state index contributed by atoms with van der Waals surface area (Å²) in [6.07, 6.45) is 2.89. The molecule has 10 heteroatoms. The lowest BCUT2D eigenvalue weighted by Crippen LogP contribution is -2.25. The van der Waals surface area contributed by atoms with Crippen molar-refractivity contribution in [3.63, 3.8) is 0 Å². The molecule has 0 amide bonds. The Morgan fingerprint density at radius 2 is 1.72 bits per heavy atom. The third kappa shape index (κ3) is 14.3. The molecular weight excluding hydrogens is 538 g/mol. The fourth-order valence-electron chi connectivity index (χ4n) is 2.81. The summed E-state index contributed by atoms with van der Waals surface area (Å²) in [5.74, 6) is -0.0968. The van der Waals surface area contributed by atoms with E-state index in [0.717, 1.165) is 21.9 Å². The van der Waals surface area contributed by atoms with Gasteiger partial charge in [-0.3, -0.25) is 0 Å². The Morgan fingerprint density at radius 3 is 2.36 bits per heavy atom. The van der Waals surface area contributed by atoms with E-state index >= 15 is 0 Å². The highest BCUT2D eigenvalue weighted by Crippen LogP contribution is 2.21. The molecule has 0 heterocycles. The lowest BCUT2D eigenvalue weighted by Gasteiger charge is -2.13. The van der Waals surface area contributed by atoms with Crippen LogP contribution in [0, 0.1) is 6.92 Å². The summed E-state index contributed by atoms with van der Waals surface area (Å²) in [4.78, 5) is 33.8. The van der Waals surface area contributed by atoms with Crippen molar-refractivity contribution >= 4 is 41.1 Å². The van der Waals surface area contributed by atoms with E-state index < -0.39 is 18.0 Å². The third-order valence-corrected chi connectivity index (χ3v) is 6.23. The van der Waals surface area contributed by atoms with E-state index in [0.29, 0.717) is 18.9 Å². The summed E-state index contributed by atoms with van der Waals surface area (Å²) >= 11 is 3.24. The minimum absolute atomic E-state index is 0.244. The van der Waals surface area contributed by atoms with Crippen LogP contribution in [-0.2, 0) is 29.8 Å². The molecule has 0 aliphatic carbocycles. The van der Waals surface area contributed by atoms with Gasteiger partial charge in [-0.1, -0.05) is 43.0 Å². The second kappa shape index (κ2) is 19.3. The van der Waals surface area contributed by atoms with Crippen molar-refractivity contribution < 1.29 is 33.9 Å². The zero-order valence-corrected chi connectivity index (χ0v) is 24.9. The monoisotopic (exact) mass is 577 g/mol. The molecule has 214 valence electrons. The van der Waals surface area contributed by atoms with Crippen molar-refractivity contribution in [3.05, 3.63) is 83.5 Å². The maximum absolute atomic E-state index is 11.9. The van der Waals surface area contributed by atoms with Gasteiger partial charge < -0.3 is 19.9 Å². The number of esters is 2. The number of carbonyl (C=O) groups is 2. The number of aryl methyl sites for hydroxylation is 1. The topological polar surface area (TPSA) is 103 Å². The third-order valence-electron chi connectivity index (χ3n) is 4.81. The first-order chi connectivity index (χ1) is 18.6. The second-order valence-electron chi connectivity index (χ2n) is 8.57. The number of ether oxygens (including phenoxy) is 2. The van der Waals surface area contributed by atoms with Crippen molar-refractivity contribution in [1.29, 1.82) is 0 Å². The van der Waals surface area contributed by atoms with E-state index in [1.165, 1.54) is 29.8 Å². The van der Waals surface area contributed by atoms with Crippen LogP contribution in [0.5, 0.6) is 0 Å². The van der Waals surface area contributed by atoms with Crippen LogP contribution >= 0.6 is 23.5 Å². The lowest BCUT2D eigenvalue weighted by atomic mass is 10.1. The molecule has 0 fully saturated rings. The minimum atomic E-state index is -1.07. The molecule has 2 aromatic carbocycles. The van der Waals surface area contributed by atoms with Crippen molar-refractivity contribution in [1.82, 2.24) is 0 Å². The molecule has 0 aliphatic rings. The molecule has 8 nitrogen and oxygen atoms in total. The van der Waals surface area contributed by atoms with Crippen LogP contribution in [-0.4, -0.2) is 62.2 Å². The van der Waals surface area contributed by atoms with Crippen molar-refractivity contribution in [2.45, 2.75) is 37.5 Å². The van der Waals surface area contributed by atoms with Crippen molar-refractivity contribution in [3.8, 4) is 0 Å². The normalized spacial score (nSPS) is 11.0. The van der Waals surface area contributed by atoms with Gasteiger partial charge in [-0.2, -0.15) is 11.8 Å². The number of hydrogen-bond donors (Lipinski definition) is 2. The first-order valence-electron chi connectivity index (χ1n) is 12.1. The average molecular weight is 578 g/mol. The molecule has 0 aromatic heterocycles. The van der Waals surface area contributed by atoms with Crippen LogP contribution in [0.15, 0.2) is 71.7 Å². The van der Waals surface area contributed by atoms with E-state index in [2.05, 4.69) is 49.9 Å². The number of nitrogens with one attached hydrogen (secondary N) is 1. The molecule has 1 unspecified atom stereocenters. The quantitative estimate of drug-likeness (QED) is 0.0395. The van der Waals surface area contributed by atoms with Crippen LogP contribution in [0.2, 0.25) is 0 Å². The van der Waals surface area contributed by atoms with Gasteiger partial charge in [0, 0.05) is 21.9 Å². The van der Waals surface area contributed by atoms with Gasteiger partial charge in [0.15, 0.2) is 6.73 Å². The number of anilines is 1. The molecule has 2 rings (SSSR count). The Kier molecular flexibility index (Phi) is 17.0. The van der Waals surface area contributed by atoms with Gasteiger partial charge in [0.2, 0.25) is 0 Å². The zero-order chi connectivity index (χ0) is 29.2. The second-order valence-corrected chi connectivity index (χ2v) is 10.3. The molecule has 0 spiro atoms. The van der Waals surface area contributed by atoms with E-state index in [1.54, 1.807) is 12.1 Å². The highest BCUT2D eigenvalue weighted by atomic mass is 32.2. The van der Waals surface area contributed by atoms with Crippen LogP contribution < -0.4 is 5.32 Å². The Hall–Kier alpha value is -2.76. The SMILES string of the molecule is C=C(C)C(=O)OCC(O)COC(=O)c1ccccc1SC.C=C(C)COOCNc1cc(CSC)ccc1C. The predicted molar refractivity (Wildman–Crippen MR) is 159 cm³/mol. The fourth-order valence-corrected chi connectivity index (χ4v) is 3.91. The maximum Gasteiger partial charge on any atom is 0.339 e. The van der Waals surface area contributed by atoms with Gasteiger partial charge in [-0.15, -0.1) is 11.8 Å². The van der Waals surface area contributed by atoms with Crippen LogP contribution in [0.1, 0.15) is 35.3 Å². The molecular formula is C29H39NO7S2. The summed E-state index contributed by atoms with van der Waals surface area (Å²) in [6.45, 7) is 12.9. The number of benzene rings is 2. The van der Waals surface area contributed by atoms with Crippen LogP contribution in [0.3, 0.4) is 0 Å².